The van der Waals surface area contributed by atoms with E-state index in [0.717, 1.165) is 16.8 Å². The number of aryl methyl sites for hydroxylation is 2. The third-order valence-corrected chi connectivity index (χ3v) is 5.32. The predicted molar refractivity (Wildman–Crippen MR) is 111 cm³/mol. The molecule has 7 heteroatoms. The molecular weight excluding hydrogens is 375 g/mol. The molecule has 1 N–H and O–H groups in total. The first-order valence-corrected chi connectivity index (χ1v) is 10.1. The molecule has 3 rings (SSSR count). The summed E-state index contributed by atoms with van der Waals surface area (Å²) in [5.41, 5.74) is 3.28. The third-order valence-electron chi connectivity index (χ3n) is 4.37. The second kappa shape index (κ2) is 8.56. The molecule has 0 atom stereocenters. The maximum absolute atomic E-state index is 14.2. The molecule has 0 spiro atoms. The number of nitrogens with zero attached hydrogens (tertiary/aromatic N) is 3. The number of hydrogen-bond donors (Lipinski definition) is 1. The van der Waals surface area contributed by atoms with Crippen molar-refractivity contribution in [3.8, 4) is 11.4 Å². The quantitative estimate of drug-likeness (QED) is 0.593. The van der Waals surface area contributed by atoms with Crippen molar-refractivity contribution in [1.29, 1.82) is 0 Å². The highest BCUT2D eigenvalue weighted by Gasteiger charge is 2.20. The molecule has 1 amide bonds. The summed E-state index contributed by atoms with van der Waals surface area (Å²) in [6.07, 6.45) is 0. The van der Waals surface area contributed by atoms with Crippen molar-refractivity contribution in [2.75, 3.05) is 11.1 Å². The van der Waals surface area contributed by atoms with Crippen LogP contribution in [0.25, 0.3) is 11.4 Å². The molecule has 146 valence electrons. The third kappa shape index (κ3) is 4.25. The van der Waals surface area contributed by atoms with Crippen LogP contribution >= 0.6 is 11.8 Å². The van der Waals surface area contributed by atoms with Gasteiger partial charge in [-0.3, -0.25) is 9.36 Å². The summed E-state index contributed by atoms with van der Waals surface area (Å²) in [4.78, 5) is 12.5. The fourth-order valence-electron chi connectivity index (χ4n) is 2.98. The second-order valence-electron chi connectivity index (χ2n) is 6.85. The number of hydrogen-bond acceptors (Lipinski definition) is 4. The van der Waals surface area contributed by atoms with Gasteiger partial charge in [0.2, 0.25) is 5.91 Å². The number of thioether (sulfide) groups is 1. The SMILES string of the molecule is Cc1cccc(C)c1NC(=O)CSc1nnc(-c2ccccc2F)n1C(C)C. The maximum Gasteiger partial charge on any atom is 0.234 e. The van der Waals surface area contributed by atoms with Crippen molar-refractivity contribution in [1.82, 2.24) is 14.8 Å². The van der Waals surface area contributed by atoms with E-state index in [2.05, 4.69) is 15.5 Å². The zero-order chi connectivity index (χ0) is 20.3. The van der Waals surface area contributed by atoms with Gasteiger partial charge >= 0.3 is 0 Å². The second-order valence-corrected chi connectivity index (χ2v) is 7.80. The van der Waals surface area contributed by atoms with E-state index >= 15 is 0 Å². The van der Waals surface area contributed by atoms with Gasteiger partial charge in [-0.25, -0.2) is 4.39 Å². The Kier molecular flexibility index (Phi) is 6.14. The van der Waals surface area contributed by atoms with Crippen molar-refractivity contribution in [2.45, 2.75) is 38.9 Å². The molecule has 0 radical (unpaired) electrons. The van der Waals surface area contributed by atoms with Crippen molar-refractivity contribution >= 4 is 23.4 Å². The van der Waals surface area contributed by atoms with E-state index in [1.54, 1.807) is 18.2 Å². The van der Waals surface area contributed by atoms with Crippen LogP contribution < -0.4 is 5.32 Å². The Balaban J connectivity index is 1.78. The van der Waals surface area contributed by atoms with Gasteiger partial charge in [-0.2, -0.15) is 0 Å². The van der Waals surface area contributed by atoms with E-state index in [9.17, 15) is 9.18 Å². The maximum atomic E-state index is 14.2. The minimum atomic E-state index is -0.346. The van der Waals surface area contributed by atoms with Gasteiger partial charge in [0.15, 0.2) is 11.0 Å². The van der Waals surface area contributed by atoms with Crippen LogP contribution in [-0.2, 0) is 4.79 Å². The summed E-state index contributed by atoms with van der Waals surface area (Å²) in [6, 6.07) is 12.4. The first-order chi connectivity index (χ1) is 13.4. The summed E-state index contributed by atoms with van der Waals surface area (Å²) in [5.74, 6) is 0.190. The van der Waals surface area contributed by atoms with Crippen molar-refractivity contribution in [3.05, 3.63) is 59.4 Å². The van der Waals surface area contributed by atoms with E-state index in [1.807, 2.05) is 50.5 Å². The molecule has 0 unspecified atom stereocenters. The molecule has 0 aliphatic carbocycles. The van der Waals surface area contributed by atoms with Crippen molar-refractivity contribution in [3.63, 3.8) is 0 Å². The molecule has 0 aliphatic heterocycles. The highest BCUT2D eigenvalue weighted by Crippen LogP contribution is 2.29. The summed E-state index contributed by atoms with van der Waals surface area (Å²) < 4.78 is 16.1. The number of rotatable bonds is 6. The van der Waals surface area contributed by atoms with Crippen LogP contribution in [0.15, 0.2) is 47.6 Å². The van der Waals surface area contributed by atoms with E-state index in [4.69, 9.17) is 0 Å². The monoisotopic (exact) mass is 398 g/mol. The van der Waals surface area contributed by atoms with E-state index in [-0.39, 0.29) is 23.5 Å². The molecule has 0 saturated carbocycles. The van der Waals surface area contributed by atoms with Crippen LogP contribution in [0.5, 0.6) is 0 Å². The first kappa shape index (κ1) is 20.1. The predicted octanol–water partition coefficient (Wildman–Crippen LogP) is 5.01. The molecule has 0 saturated heterocycles. The average Bonchev–Trinajstić information content (AvgIpc) is 3.07. The van der Waals surface area contributed by atoms with Gasteiger partial charge in [0, 0.05) is 11.7 Å². The number of carbonyl (C=O) groups is 1. The molecule has 0 fully saturated rings. The number of carbonyl (C=O) groups excluding carboxylic acids is 1. The lowest BCUT2D eigenvalue weighted by atomic mass is 10.1. The number of amides is 1. The molecule has 0 bridgehead atoms. The standard InChI is InChI=1S/C21H23FN4OS/c1-13(2)26-20(16-10-5-6-11-17(16)22)24-25-21(26)28-12-18(27)23-19-14(3)8-7-9-15(19)4/h5-11,13H,12H2,1-4H3,(H,23,27). The Hall–Kier alpha value is -2.67. The lowest BCUT2D eigenvalue weighted by molar-refractivity contribution is -0.113. The normalized spacial score (nSPS) is 11.1. The summed E-state index contributed by atoms with van der Waals surface area (Å²) >= 11 is 1.29. The number of anilines is 1. The molecule has 2 aromatic carbocycles. The van der Waals surface area contributed by atoms with E-state index in [1.165, 1.54) is 17.8 Å². The van der Waals surface area contributed by atoms with Crippen LogP contribution in [0, 0.1) is 19.7 Å². The van der Waals surface area contributed by atoms with Gasteiger partial charge < -0.3 is 5.32 Å². The van der Waals surface area contributed by atoms with Gasteiger partial charge in [0.25, 0.3) is 0 Å². The lowest BCUT2D eigenvalue weighted by Crippen LogP contribution is -2.16. The summed E-state index contributed by atoms with van der Waals surface area (Å²) in [6.45, 7) is 7.89. The topological polar surface area (TPSA) is 59.8 Å². The molecule has 3 aromatic rings. The lowest BCUT2D eigenvalue weighted by Gasteiger charge is -2.14. The van der Waals surface area contributed by atoms with Gasteiger partial charge in [0.05, 0.1) is 11.3 Å². The number of halogens is 1. The highest BCUT2D eigenvalue weighted by atomic mass is 32.2. The van der Waals surface area contributed by atoms with Crippen molar-refractivity contribution < 1.29 is 9.18 Å². The zero-order valence-corrected chi connectivity index (χ0v) is 17.2. The number of benzene rings is 2. The molecular formula is C21H23FN4OS. The van der Waals surface area contributed by atoms with Crippen LogP contribution in [0.2, 0.25) is 0 Å². The number of aromatic nitrogens is 3. The Morgan fingerprint density at radius 3 is 2.43 bits per heavy atom. The van der Waals surface area contributed by atoms with Gasteiger partial charge in [-0.05, 0) is 51.0 Å². The average molecular weight is 399 g/mol. The molecule has 1 heterocycles. The van der Waals surface area contributed by atoms with Crippen LogP contribution in [0.1, 0.15) is 31.0 Å². The van der Waals surface area contributed by atoms with Crippen LogP contribution in [0.4, 0.5) is 10.1 Å². The van der Waals surface area contributed by atoms with Gasteiger partial charge in [-0.15, -0.1) is 10.2 Å². The van der Waals surface area contributed by atoms with E-state index in [0.29, 0.717) is 16.5 Å². The summed E-state index contributed by atoms with van der Waals surface area (Å²) in [5, 5.41) is 11.9. The summed E-state index contributed by atoms with van der Waals surface area (Å²) in [7, 11) is 0. The van der Waals surface area contributed by atoms with Crippen molar-refractivity contribution in [2.24, 2.45) is 0 Å². The molecule has 28 heavy (non-hydrogen) atoms. The van der Waals surface area contributed by atoms with Gasteiger partial charge in [-0.1, -0.05) is 42.1 Å². The van der Waals surface area contributed by atoms with E-state index < -0.39 is 0 Å². The smallest absolute Gasteiger partial charge is 0.234 e. The molecule has 0 aliphatic rings. The fourth-order valence-corrected chi connectivity index (χ4v) is 3.85. The Bertz CT molecular complexity index is 980. The fraction of sp³-hybridized carbons (Fsp3) is 0.286. The van der Waals surface area contributed by atoms with Crippen LogP contribution in [-0.4, -0.2) is 26.4 Å². The van der Waals surface area contributed by atoms with Gasteiger partial charge in [0.1, 0.15) is 5.82 Å². The molecule has 5 nitrogen and oxygen atoms in total. The minimum absolute atomic E-state index is 0.0220. The number of para-hydroxylation sites is 1. The zero-order valence-electron chi connectivity index (χ0n) is 16.4. The Labute approximate surface area is 168 Å². The van der Waals surface area contributed by atoms with Crippen LogP contribution in [0.3, 0.4) is 0 Å². The minimum Gasteiger partial charge on any atom is -0.325 e. The Morgan fingerprint density at radius 2 is 1.79 bits per heavy atom. The molecule has 1 aromatic heterocycles. The highest BCUT2D eigenvalue weighted by molar-refractivity contribution is 7.99. The Morgan fingerprint density at radius 1 is 1.11 bits per heavy atom. The number of nitrogens with one attached hydrogen (secondary N) is 1. The first-order valence-electron chi connectivity index (χ1n) is 9.07. The largest absolute Gasteiger partial charge is 0.325 e.